The minimum atomic E-state index is -0.895. The third kappa shape index (κ3) is 2.80. The maximum absolute atomic E-state index is 13.0. The van der Waals surface area contributed by atoms with Crippen LogP contribution in [0.4, 0.5) is 0 Å². The van der Waals surface area contributed by atoms with Gasteiger partial charge in [0.1, 0.15) is 0 Å². The summed E-state index contributed by atoms with van der Waals surface area (Å²) in [7, 11) is 0. The van der Waals surface area contributed by atoms with Crippen molar-refractivity contribution < 1.29 is 19.4 Å². The van der Waals surface area contributed by atoms with E-state index in [9.17, 15) is 14.7 Å². The van der Waals surface area contributed by atoms with Crippen molar-refractivity contribution in [2.75, 3.05) is 0 Å². The Kier molecular flexibility index (Phi) is 4.91. The van der Waals surface area contributed by atoms with Crippen molar-refractivity contribution in [3.63, 3.8) is 0 Å². The molecule has 2 rings (SSSR count). The summed E-state index contributed by atoms with van der Waals surface area (Å²) in [6.07, 6.45) is 2.82. The number of carboxylic acid groups (broad SMARTS) is 1. The molecule has 1 N–H and O–H groups in total. The molecule has 21 heavy (non-hydrogen) atoms. The first-order chi connectivity index (χ1) is 9.92. The number of fused-ring (bicyclic) bond motifs is 2. The molecule has 120 valence electrons. The van der Waals surface area contributed by atoms with Gasteiger partial charge in [-0.15, -0.1) is 0 Å². The van der Waals surface area contributed by atoms with Gasteiger partial charge in [0.15, 0.2) is 0 Å². The molecule has 0 aromatic carbocycles. The number of hydrogen-bond acceptors (Lipinski definition) is 3. The second-order valence-corrected chi connectivity index (χ2v) is 6.44. The number of hydrogen-bond donors (Lipinski definition) is 1. The van der Waals surface area contributed by atoms with E-state index in [1.807, 2.05) is 18.7 Å². The second kappa shape index (κ2) is 6.34. The second-order valence-electron chi connectivity index (χ2n) is 6.44. The molecule has 6 atom stereocenters. The molecule has 0 radical (unpaired) electrons. The first-order valence-corrected chi connectivity index (χ1v) is 8.12. The minimum Gasteiger partial charge on any atom is -0.481 e. The SMILES string of the molecule is CC[C@@H](C)N(C(=O)[C@H]1[C@H](C(=O)O)[C@H]2CC[C@H]1O2)[C@@H](C)CC. The molecule has 1 amide bonds. The number of rotatable bonds is 6. The van der Waals surface area contributed by atoms with Crippen LogP contribution in [0, 0.1) is 11.8 Å². The van der Waals surface area contributed by atoms with Crippen LogP contribution in [0.25, 0.3) is 0 Å². The molecule has 0 aliphatic carbocycles. The van der Waals surface area contributed by atoms with E-state index in [2.05, 4.69) is 13.8 Å². The predicted molar refractivity (Wildman–Crippen MR) is 78.9 cm³/mol. The highest BCUT2D eigenvalue weighted by Gasteiger charge is 2.56. The van der Waals surface area contributed by atoms with Gasteiger partial charge in [-0.1, -0.05) is 13.8 Å². The van der Waals surface area contributed by atoms with E-state index in [4.69, 9.17) is 4.74 Å². The average molecular weight is 297 g/mol. The molecule has 2 heterocycles. The first-order valence-electron chi connectivity index (χ1n) is 8.12. The van der Waals surface area contributed by atoms with Gasteiger partial charge < -0.3 is 14.7 Å². The summed E-state index contributed by atoms with van der Waals surface area (Å²) in [6, 6.07) is 0.252. The molecule has 5 nitrogen and oxygen atoms in total. The number of aliphatic carboxylic acids is 1. The van der Waals surface area contributed by atoms with E-state index in [0.29, 0.717) is 0 Å². The highest BCUT2D eigenvalue weighted by atomic mass is 16.5. The molecule has 0 aromatic rings. The van der Waals surface area contributed by atoms with E-state index in [1.54, 1.807) is 0 Å². The molecule has 5 heteroatoms. The van der Waals surface area contributed by atoms with Gasteiger partial charge in [0.2, 0.25) is 5.91 Å². The highest BCUT2D eigenvalue weighted by Crippen LogP contribution is 2.44. The molecule has 0 aromatic heterocycles. The Balaban J connectivity index is 2.25. The van der Waals surface area contributed by atoms with Crippen molar-refractivity contribution in [1.29, 1.82) is 0 Å². The zero-order valence-electron chi connectivity index (χ0n) is 13.4. The quantitative estimate of drug-likeness (QED) is 0.817. The summed E-state index contributed by atoms with van der Waals surface area (Å²) >= 11 is 0. The zero-order valence-corrected chi connectivity index (χ0v) is 13.4. The molecule has 2 aliphatic heterocycles. The van der Waals surface area contributed by atoms with Crippen LogP contribution in [0.15, 0.2) is 0 Å². The van der Waals surface area contributed by atoms with Gasteiger partial charge >= 0.3 is 5.97 Å². The van der Waals surface area contributed by atoms with Crippen LogP contribution in [0.5, 0.6) is 0 Å². The third-order valence-corrected chi connectivity index (χ3v) is 5.23. The molecule has 0 saturated carbocycles. The van der Waals surface area contributed by atoms with Crippen molar-refractivity contribution in [2.45, 2.75) is 77.7 Å². The van der Waals surface area contributed by atoms with Crippen molar-refractivity contribution in [3.05, 3.63) is 0 Å². The molecule has 0 unspecified atom stereocenters. The standard InChI is InChI=1S/C16H27NO4/c1-5-9(3)17(10(4)6-2)15(18)13-11-7-8-12(21-11)14(13)16(19)20/h9-14H,5-8H2,1-4H3,(H,19,20)/t9-,10+,11-,12-,13-,14-/m1/s1. The smallest absolute Gasteiger partial charge is 0.310 e. The highest BCUT2D eigenvalue weighted by molar-refractivity contribution is 5.87. The van der Waals surface area contributed by atoms with E-state index in [1.165, 1.54) is 0 Å². The van der Waals surface area contributed by atoms with Crippen LogP contribution in [0.2, 0.25) is 0 Å². The van der Waals surface area contributed by atoms with E-state index >= 15 is 0 Å². The van der Waals surface area contributed by atoms with Gasteiger partial charge in [-0.25, -0.2) is 0 Å². The lowest BCUT2D eigenvalue weighted by Gasteiger charge is -2.38. The van der Waals surface area contributed by atoms with Crippen LogP contribution < -0.4 is 0 Å². The first kappa shape index (κ1) is 16.3. The van der Waals surface area contributed by atoms with E-state index < -0.39 is 17.8 Å². The average Bonchev–Trinajstić information content (AvgIpc) is 3.07. The number of carbonyl (C=O) groups excluding carboxylic acids is 1. The summed E-state index contributed by atoms with van der Waals surface area (Å²) in [5.74, 6) is -2.11. The summed E-state index contributed by atoms with van der Waals surface area (Å²) in [5, 5.41) is 9.48. The Hall–Kier alpha value is -1.10. The van der Waals surface area contributed by atoms with Gasteiger partial charge in [0, 0.05) is 12.1 Å². The Morgan fingerprint density at radius 3 is 2.00 bits per heavy atom. The molecular formula is C16H27NO4. The Labute approximate surface area is 126 Å². The van der Waals surface area contributed by atoms with Crippen LogP contribution in [0.3, 0.4) is 0 Å². The van der Waals surface area contributed by atoms with Crippen molar-refractivity contribution in [1.82, 2.24) is 4.90 Å². The van der Waals surface area contributed by atoms with Crippen molar-refractivity contribution in [2.24, 2.45) is 11.8 Å². The van der Waals surface area contributed by atoms with E-state index in [0.717, 1.165) is 25.7 Å². The predicted octanol–water partition coefficient (Wildman–Crippen LogP) is 2.29. The van der Waals surface area contributed by atoms with Crippen molar-refractivity contribution >= 4 is 11.9 Å². The van der Waals surface area contributed by atoms with Gasteiger partial charge in [-0.3, -0.25) is 9.59 Å². The molecular weight excluding hydrogens is 270 g/mol. The summed E-state index contributed by atoms with van der Waals surface area (Å²) in [6.45, 7) is 8.18. The third-order valence-electron chi connectivity index (χ3n) is 5.23. The normalized spacial score (nSPS) is 33.7. The number of ether oxygens (including phenoxy) is 1. The van der Waals surface area contributed by atoms with Crippen LogP contribution in [-0.4, -0.2) is 46.2 Å². The van der Waals surface area contributed by atoms with Gasteiger partial charge in [-0.2, -0.15) is 0 Å². The van der Waals surface area contributed by atoms with Crippen LogP contribution in [-0.2, 0) is 14.3 Å². The number of amides is 1. The molecule has 2 aliphatic rings. The van der Waals surface area contributed by atoms with Gasteiger partial charge in [0.05, 0.1) is 24.0 Å². The molecule has 2 bridgehead atoms. The Morgan fingerprint density at radius 1 is 1.10 bits per heavy atom. The fourth-order valence-corrected chi connectivity index (χ4v) is 3.74. The number of carbonyl (C=O) groups is 2. The largest absolute Gasteiger partial charge is 0.481 e. The fourth-order valence-electron chi connectivity index (χ4n) is 3.74. The van der Waals surface area contributed by atoms with Gasteiger partial charge in [-0.05, 0) is 39.5 Å². The maximum Gasteiger partial charge on any atom is 0.310 e. The Morgan fingerprint density at radius 2 is 1.57 bits per heavy atom. The maximum atomic E-state index is 13.0. The van der Waals surface area contributed by atoms with Gasteiger partial charge in [0.25, 0.3) is 0 Å². The van der Waals surface area contributed by atoms with E-state index in [-0.39, 0.29) is 30.2 Å². The lowest BCUT2D eigenvalue weighted by Crippen LogP contribution is -2.51. The fraction of sp³-hybridized carbons (Fsp3) is 0.875. The zero-order chi connectivity index (χ0) is 15.7. The lowest BCUT2D eigenvalue weighted by atomic mass is 9.78. The Bertz CT molecular complexity index is 401. The van der Waals surface area contributed by atoms with Crippen LogP contribution >= 0.6 is 0 Å². The molecule has 0 spiro atoms. The van der Waals surface area contributed by atoms with Crippen LogP contribution in [0.1, 0.15) is 53.4 Å². The summed E-state index contributed by atoms with van der Waals surface area (Å²) in [5.41, 5.74) is 0. The molecule has 2 saturated heterocycles. The summed E-state index contributed by atoms with van der Waals surface area (Å²) < 4.78 is 5.73. The summed E-state index contributed by atoms with van der Waals surface area (Å²) in [4.78, 5) is 26.5. The number of nitrogens with zero attached hydrogens (tertiary/aromatic N) is 1. The lowest BCUT2D eigenvalue weighted by molar-refractivity contribution is -0.153. The monoisotopic (exact) mass is 297 g/mol. The molecule has 2 fully saturated rings. The minimum absolute atomic E-state index is 0.0294. The van der Waals surface area contributed by atoms with Crippen molar-refractivity contribution in [3.8, 4) is 0 Å². The number of carboxylic acids is 1. The topological polar surface area (TPSA) is 66.8 Å².